The Hall–Kier alpha value is -1.09. The molecule has 0 spiro atoms. The van der Waals surface area contributed by atoms with Crippen molar-refractivity contribution in [3.8, 4) is 0 Å². The van der Waals surface area contributed by atoms with Crippen molar-refractivity contribution in [1.29, 1.82) is 0 Å². The zero-order valence-electron chi connectivity index (χ0n) is 9.80. The Balaban J connectivity index is 1.87. The molecule has 0 bridgehead atoms. The van der Waals surface area contributed by atoms with E-state index in [9.17, 15) is 4.39 Å². The van der Waals surface area contributed by atoms with Crippen molar-refractivity contribution in [3.63, 3.8) is 0 Å². The van der Waals surface area contributed by atoms with Gasteiger partial charge in [-0.25, -0.2) is 4.39 Å². The molecule has 1 aliphatic rings. The summed E-state index contributed by atoms with van der Waals surface area (Å²) < 4.78 is 13.0. The van der Waals surface area contributed by atoms with Gasteiger partial charge < -0.3 is 10.2 Å². The number of rotatable bonds is 3. The molecule has 2 N–H and O–H groups in total. The topological polar surface area (TPSA) is 16.5 Å². The molecule has 1 aromatic carbocycles. The van der Waals surface area contributed by atoms with E-state index >= 15 is 0 Å². The highest BCUT2D eigenvalue weighted by molar-refractivity contribution is 5.43. The molecule has 2 nitrogen and oxygen atoms in total. The molecular weight excluding hydrogens is 203 g/mol. The molecule has 0 aromatic heterocycles. The fraction of sp³-hybridized carbons (Fsp3) is 0.538. The number of hydrogen-bond acceptors (Lipinski definition) is 1. The number of benzene rings is 1. The van der Waals surface area contributed by atoms with Crippen LogP contribution in [-0.4, -0.2) is 25.7 Å². The van der Waals surface area contributed by atoms with Crippen LogP contribution in [0.1, 0.15) is 19.8 Å². The molecule has 0 amide bonds. The lowest BCUT2D eigenvalue weighted by Crippen LogP contribution is -3.13. The molecule has 88 valence electrons. The molecule has 0 atom stereocenters. The fourth-order valence-electron chi connectivity index (χ4n) is 2.34. The maximum Gasteiger partial charge on any atom is 0.125 e. The number of nitrogens with one attached hydrogen (secondary N) is 2. The van der Waals surface area contributed by atoms with Crippen LogP contribution in [-0.2, 0) is 0 Å². The third-order valence-corrected chi connectivity index (χ3v) is 3.39. The monoisotopic (exact) mass is 223 g/mol. The first kappa shape index (κ1) is 11.4. The number of anilines is 1. The lowest BCUT2D eigenvalue weighted by Gasteiger charge is -2.29. The van der Waals surface area contributed by atoms with Gasteiger partial charge in [0.05, 0.1) is 19.6 Å². The van der Waals surface area contributed by atoms with Crippen LogP contribution in [0.2, 0.25) is 0 Å². The largest absolute Gasteiger partial charge is 0.382 e. The lowest BCUT2D eigenvalue weighted by atomic mass is 10.0. The summed E-state index contributed by atoms with van der Waals surface area (Å²) >= 11 is 0. The SMILES string of the molecule is CC[NH+]1CCC(Nc2cccc(F)c2)CC1. The average Bonchev–Trinajstić information content (AvgIpc) is 2.30. The minimum atomic E-state index is -0.165. The maximum atomic E-state index is 13.0. The summed E-state index contributed by atoms with van der Waals surface area (Å²) in [7, 11) is 0. The van der Waals surface area contributed by atoms with Gasteiger partial charge in [0.15, 0.2) is 0 Å². The van der Waals surface area contributed by atoms with Crippen molar-refractivity contribution >= 4 is 5.69 Å². The van der Waals surface area contributed by atoms with Crippen molar-refractivity contribution < 1.29 is 9.29 Å². The quantitative estimate of drug-likeness (QED) is 0.790. The number of quaternary nitrogens is 1. The van der Waals surface area contributed by atoms with Gasteiger partial charge >= 0.3 is 0 Å². The second-order valence-electron chi connectivity index (χ2n) is 4.53. The Morgan fingerprint density at radius 1 is 1.38 bits per heavy atom. The molecule has 1 saturated heterocycles. The van der Waals surface area contributed by atoms with E-state index < -0.39 is 0 Å². The number of halogens is 1. The van der Waals surface area contributed by atoms with E-state index in [2.05, 4.69) is 12.2 Å². The average molecular weight is 223 g/mol. The number of likely N-dealkylation sites (tertiary alicyclic amines) is 1. The summed E-state index contributed by atoms with van der Waals surface area (Å²) in [5.41, 5.74) is 0.907. The van der Waals surface area contributed by atoms with Gasteiger partial charge in [0, 0.05) is 24.6 Å². The van der Waals surface area contributed by atoms with Crippen LogP contribution in [0.5, 0.6) is 0 Å². The van der Waals surface area contributed by atoms with Gasteiger partial charge in [0.2, 0.25) is 0 Å². The Morgan fingerprint density at radius 2 is 2.12 bits per heavy atom. The van der Waals surface area contributed by atoms with E-state index in [1.807, 2.05) is 6.07 Å². The molecule has 3 heteroatoms. The van der Waals surface area contributed by atoms with Gasteiger partial charge in [-0.3, -0.25) is 0 Å². The molecule has 2 rings (SSSR count). The van der Waals surface area contributed by atoms with E-state index in [-0.39, 0.29) is 5.82 Å². The van der Waals surface area contributed by atoms with Crippen LogP contribution in [0.4, 0.5) is 10.1 Å². The first-order valence-electron chi connectivity index (χ1n) is 6.13. The summed E-state index contributed by atoms with van der Waals surface area (Å²) in [4.78, 5) is 1.68. The molecule has 0 saturated carbocycles. The molecule has 1 heterocycles. The number of piperidine rings is 1. The second kappa shape index (κ2) is 5.30. The van der Waals surface area contributed by atoms with Gasteiger partial charge in [-0.1, -0.05) is 6.07 Å². The second-order valence-corrected chi connectivity index (χ2v) is 4.53. The summed E-state index contributed by atoms with van der Waals surface area (Å²) in [6, 6.07) is 7.25. The van der Waals surface area contributed by atoms with E-state index in [0.717, 1.165) is 5.69 Å². The van der Waals surface area contributed by atoms with E-state index in [4.69, 9.17) is 0 Å². The zero-order valence-corrected chi connectivity index (χ0v) is 9.80. The number of hydrogen-bond donors (Lipinski definition) is 2. The molecule has 1 fully saturated rings. The first-order chi connectivity index (χ1) is 7.78. The van der Waals surface area contributed by atoms with Crippen LogP contribution < -0.4 is 10.2 Å². The maximum absolute atomic E-state index is 13.0. The highest BCUT2D eigenvalue weighted by atomic mass is 19.1. The molecular formula is C13H20FN2+. The van der Waals surface area contributed by atoms with Gasteiger partial charge in [-0.2, -0.15) is 0 Å². The lowest BCUT2D eigenvalue weighted by molar-refractivity contribution is -0.903. The molecule has 16 heavy (non-hydrogen) atoms. The molecule has 1 aromatic rings. The first-order valence-corrected chi connectivity index (χ1v) is 6.13. The molecule has 0 unspecified atom stereocenters. The van der Waals surface area contributed by atoms with Crippen molar-refractivity contribution in [3.05, 3.63) is 30.1 Å². The van der Waals surface area contributed by atoms with Crippen molar-refractivity contribution in [2.75, 3.05) is 25.0 Å². The fourth-order valence-corrected chi connectivity index (χ4v) is 2.34. The summed E-state index contributed by atoms with van der Waals surface area (Å²) in [5.74, 6) is -0.165. The van der Waals surface area contributed by atoms with Crippen LogP contribution >= 0.6 is 0 Å². The Kier molecular flexibility index (Phi) is 3.78. The van der Waals surface area contributed by atoms with Crippen LogP contribution in [0, 0.1) is 5.82 Å². The van der Waals surface area contributed by atoms with Crippen LogP contribution in [0.25, 0.3) is 0 Å². The smallest absolute Gasteiger partial charge is 0.125 e. The third kappa shape index (κ3) is 2.95. The Labute approximate surface area is 96.5 Å². The highest BCUT2D eigenvalue weighted by Crippen LogP contribution is 2.13. The summed E-state index contributed by atoms with van der Waals surface area (Å²) in [5, 5.41) is 3.41. The minimum Gasteiger partial charge on any atom is -0.382 e. The predicted octanol–water partition coefficient (Wildman–Crippen LogP) is 1.30. The summed E-state index contributed by atoms with van der Waals surface area (Å²) in [6.07, 6.45) is 2.36. The van der Waals surface area contributed by atoms with Crippen LogP contribution in [0.15, 0.2) is 24.3 Å². The van der Waals surface area contributed by atoms with Crippen molar-refractivity contribution in [1.82, 2.24) is 0 Å². The minimum absolute atomic E-state index is 0.165. The normalized spacial score (nSPS) is 25.4. The van der Waals surface area contributed by atoms with E-state index in [0.29, 0.717) is 6.04 Å². The highest BCUT2D eigenvalue weighted by Gasteiger charge is 2.20. The molecule has 0 aliphatic carbocycles. The van der Waals surface area contributed by atoms with Crippen molar-refractivity contribution in [2.24, 2.45) is 0 Å². The summed E-state index contributed by atoms with van der Waals surface area (Å²) in [6.45, 7) is 5.90. The predicted molar refractivity (Wildman–Crippen MR) is 64.3 cm³/mol. The van der Waals surface area contributed by atoms with Crippen LogP contribution in [0.3, 0.4) is 0 Å². The zero-order chi connectivity index (χ0) is 11.4. The molecule has 1 aliphatic heterocycles. The van der Waals surface area contributed by atoms with Gasteiger partial charge in [0.25, 0.3) is 0 Å². The standard InChI is InChI=1S/C13H19FN2/c1-2-16-8-6-12(7-9-16)15-13-5-3-4-11(14)10-13/h3-5,10,12,15H,2,6-9H2,1H3/p+1. The van der Waals surface area contributed by atoms with Gasteiger partial charge in [0.1, 0.15) is 5.82 Å². The van der Waals surface area contributed by atoms with Gasteiger partial charge in [-0.05, 0) is 25.1 Å². The van der Waals surface area contributed by atoms with E-state index in [1.165, 1.54) is 38.5 Å². The third-order valence-electron chi connectivity index (χ3n) is 3.39. The van der Waals surface area contributed by atoms with Crippen molar-refractivity contribution in [2.45, 2.75) is 25.8 Å². The Bertz CT molecular complexity index is 332. The Morgan fingerprint density at radius 3 is 2.75 bits per heavy atom. The van der Waals surface area contributed by atoms with Gasteiger partial charge in [-0.15, -0.1) is 0 Å². The molecule has 0 radical (unpaired) electrons. The van der Waals surface area contributed by atoms with E-state index in [1.54, 1.807) is 17.0 Å².